The van der Waals surface area contributed by atoms with Crippen LogP contribution in [0.2, 0.25) is 0 Å². The van der Waals surface area contributed by atoms with E-state index in [9.17, 15) is 4.79 Å². The van der Waals surface area contributed by atoms with Crippen LogP contribution < -0.4 is 15.0 Å². The molecule has 5 heteroatoms. The summed E-state index contributed by atoms with van der Waals surface area (Å²) in [7, 11) is 1.71. The molecule has 22 heavy (non-hydrogen) atoms. The summed E-state index contributed by atoms with van der Waals surface area (Å²) >= 11 is 0. The molecule has 1 aliphatic heterocycles. The minimum Gasteiger partial charge on any atom is -0.495 e. The molecule has 0 unspecified atom stereocenters. The molecular weight excluding hydrogens is 278 g/mol. The molecule has 1 saturated carbocycles. The second-order valence-electron chi connectivity index (χ2n) is 6.15. The summed E-state index contributed by atoms with van der Waals surface area (Å²) in [6, 6.07) is 8.51. The topological polar surface area (TPSA) is 44.8 Å². The van der Waals surface area contributed by atoms with Gasteiger partial charge in [0.05, 0.1) is 18.8 Å². The lowest BCUT2D eigenvalue weighted by Crippen LogP contribution is -2.54. The summed E-state index contributed by atoms with van der Waals surface area (Å²) in [5.41, 5.74) is 1.14. The van der Waals surface area contributed by atoms with Gasteiger partial charge in [0.15, 0.2) is 0 Å². The molecule has 1 aromatic rings. The van der Waals surface area contributed by atoms with Gasteiger partial charge in [-0.25, -0.2) is 0 Å². The number of para-hydroxylation sites is 2. The molecule has 2 fully saturated rings. The fourth-order valence-corrected chi connectivity index (χ4v) is 2.96. The van der Waals surface area contributed by atoms with E-state index < -0.39 is 0 Å². The molecule has 5 nitrogen and oxygen atoms in total. The van der Waals surface area contributed by atoms with E-state index in [4.69, 9.17) is 4.74 Å². The molecule has 1 saturated heterocycles. The van der Waals surface area contributed by atoms with Crippen molar-refractivity contribution in [1.29, 1.82) is 0 Å². The minimum atomic E-state index is -0.0413. The van der Waals surface area contributed by atoms with Crippen molar-refractivity contribution in [2.75, 3.05) is 38.2 Å². The van der Waals surface area contributed by atoms with Crippen LogP contribution in [0.15, 0.2) is 24.3 Å². The highest BCUT2D eigenvalue weighted by molar-refractivity contribution is 5.81. The van der Waals surface area contributed by atoms with Gasteiger partial charge in [0.25, 0.3) is 0 Å². The standard InChI is InChI=1S/C17H25N3O2/c1-13(17(21)18-14-7-8-14)19-9-11-20(12-10-19)15-5-3-4-6-16(15)22-2/h3-6,13-14H,7-12H2,1-2H3,(H,18,21)/t13-/m0/s1. The van der Waals surface area contributed by atoms with Crippen molar-refractivity contribution in [3.8, 4) is 5.75 Å². The number of benzene rings is 1. The highest BCUT2D eigenvalue weighted by Gasteiger charge is 2.30. The predicted molar refractivity (Wildman–Crippen MR) is 87.4 cm³/mol. The van der Waals surface area contributed by atoms with Gasteiger partial charge in [-0.1, -0.05) is 12.1 Å². The maximum Gasteiger partial charge on any atom is 0.237 e. The zero-order chi connectivity index (χ0) is 15.5. The van der Waals surface area contributed by atoms with Crippen LogP contribution in [-0.4, -0.2) is 56.2 Å². The van der Waals surface area contributed by atoms with Crippen LogP contribution in [0, 0.1) is 0 Å². The fraction of sp³-hybridized carbons (Fsp3) is 0.588. The summed E-state index contributed by atoms with van der Waals surface area (Å²) in [6.45, 7) is 5.65. The molecule has 120 valence electrons. The van der Waals surface area contributed by atoms with E-state index in [2.05, 4.69) is 21.2 Å². The van der Waals surface area contributed by atoms with Crippen molar-refractivity contribution in [3.63, 3.8) is 0 Å². The first kappa shape index (κ1) is 15.2. The first-order valence-electron chi connectivity index (χ1n) is 8.11. The average Bonchev–Trinajstić information content (AvgIpc) is 3.38. The van der Waals surface area contributed by atoms with Gasteiger partial charge >= 0.3 is 0 Å². The van der Waals surface area contributed by atoms with Gasteiger partial charge in [-0.05, 0) is 31.9 Å². The fourth-order valence-electron chi connectivity index (χ4n) is 2.96. The van der Waals surface area contributed by atoms with E-state index in [1.165, 1.54) is 0 Å². The number of hydrogen-bond donors (Lipinski definition) is 1. The quantitative estimate of drug-likeness (QED) is 0.895. The smallest absolute Gasteiger partial charge is 0.237 e. The van der Waals surface area contributed by atoms with E-state index in [1.54, 1.807) is 7.11 Å². The second-order valence-corrected chi connectivity index (χ2v) is 6.15. The van der Waals surface area contributed by atoms with Crippen molar-refractivity contribution < 1.29 is 9.53 Å². The Morgan fingerprint density at radius 2 is 1.91 bits per heavy atom. The van der Waals surface area contributed by atoms with Crippen LogP contribution in [0.25, 0.3) is 0 Å². The third kappa shape index (κ3) is 3.35. The largest absolute Gasteiger partial charge is 0.495 e. The number of rotatable bonds is 5. The Morgan fingerprint density at radius 3 is 2.55 bits per heavy atom. The second kappa shape index (κ2) is 6.57. The summed E-state index contributed by atoms with van der Waals surface area (Å²) in [6.07, 6.45) is 2.28. The number of carbonyl (C=O) groups is 1. The summed E-state index contributed by atoms with van der Waals surface area (Å²) in [4.78, 5) is 16.8. The zero-order valence-corrected chi connectivity index (χ0v) is 13.4. The first-order valence-corrected chi connectivity index (χ1v) is 8.11. The van der Waals surface area contributed by atoms with Crippen molar-refractivity contribution in [3.05, 3.63) is 24.3 Å². The third-order valence-corrected chi connectivity index (χ3v) is 4.59. The minimum absolute atomic E-state index is 0.0413. The number of ether oxygens (including phenoxy) is 1. The van der Waals surface area contributed by atoms with E-state index in [0.29, 0.717) is 6.04 Å². The third-order valence-electron chi connectivity index (χ3n) is 4.59. The Morgan fingerprint density at radius 1 is 1.23 bits per heavy atom. The van der Waals surface area contributed by atoms with Gasteiger partial charge in [0, 0.05) is 32.2 Å². The number of hydrogen-bond acceptors (Lipinski definition) is 4. The number of nitrogens with zero attached hydrogens (tertiary/aromatic N) is 2. The van der Waals surface area contributed by atoms with Crippen LogP contribution in [-0.2, 0) is 4.79 Å². The molecule has 0 radical (unpaired) electrons. The Kier molecular flexibility index (Phi) is 4.52. The average molecular weight is 303 g/mol. The summed E-state index contributed by atoms with van der Waals surface area (Å²) < 4.78 is 5.44. The Bertz CT molecular complexity index is 522. The predicted octanol–water partition coefficient (Wildman–Crippen LogP) is 1.48. The highest BCUT2D eigenvalue weighted by Crippen LogP contribution is 2.28. The number of carbonyl (C=O) groups excluding carboxylic acids is 1. The Balaban J connectivity index is 1.56. The molecule has 2 aliphatic rings. The molecule has 0 bridgehead atoms. The van der Waals surface area contributed by atoms with Gasteiger partial charge < -0.3 is 15.0 Å². The molecule has 1 heterocycles. The van der Waals surface area contributed by atoms with Crippen LogP contribution in [0.3, 0.4) is 0 Å². The Hall–Kier alpha value is -1.75. The van der Waals surface area contributed by atoms with Gasteiger partial charge in [-0.2, -0.15) is 0 Å². The molecule has 1 amide bonds. The van der Waals surface area contributed by atoms with Crippen molar-refractivity contribution in [1.82, 2.24) is 10.2 Å². The number of amides is 1. The van der Waals surface area contributed by atoms with E-state index >= 15 is 0 Å². The lowest BCUT2D eigenvalue weighted by Gasteiger charge is -2.38. The molecule has 1 aliphatic carbocycles. The van der Waals surface area contributed by atoms with Gasteiger partial charge in [-0.15, -0.1) is 0 Å². The van der Waals surface area contributed by atoms with E-state index in [-0.39, 0.29) is 11.9 Å². The normalized spacial score (nSPS) is 20.5. The number of anilines is 1. The lowest BCUT2D eigenvalue weighted by atomic mass is 10.2. The molecule has 1 N–H and O–H groups in total. The van der Waals surface area contributed by atoms with Gasteiger partial charge in [0.2, 0.25) is 5.91 Å². The highest BCUT2D eigenvalue weighted by atomic mass is 16.5. The summed E-state index contributed by atoms with van der Waals surface area (Å²) in [5, 5.41) is 3.10. The van der Waals surface area contributed by atoms with Crippen LogP contribution in [0.4, 0.5) is 5.69 Å². The zero-order valence-electron chi connectivity index (χ0n) is 13.4. The number of piperazine rings is 1. The van der Waals surface area contributed by atoms with Crippen LogP contribution in [0.1, 0.15) is 19.8 Å². The van der Waals surface area contributed by atoms with E-state index in [1.807, 2.05) is 25.1 Å². The first-order chi connectivity index (χ1) is 10.7. The van der Waals surface area contributed by atoms with Crippen molar-refractivity contribution >= 4 is 11.6 Å². The molecule has 0 aromatic heterocycles. The van der Waals surface area contributed by atoms with Crippen molar-refractivity contribution in [2.24, 2.45) is 0 Å². The maximum absolute atomic E-state index is 12.2. The van der Waals surface area contributed by atoms with Crippen LogP contribution >= 0.6 is 0 Å². The molecule has 0 spiro atoms. The van der Waals surface area contributed by atoms with Crippen molar-refractivity contribution in [2.45, 2.75) is 31.8 Å². The van der Waals surface area contributed by atoms with Gasteiger partial charge in [0.1, 0.15) is 5.75 Å². The monoisotopic (exact) mass is 303 g/mol. The lowest BCUT2D eigenvalue weighted by molar-refractivity contribution is -0.126. The molecule has 1 atom stereocenters. The van der Waals surface area contributed by atoms with E-state index in [0.717, 1.165) is 50.5 Å². The molecule has 3 rings (SSSR count). The summed E-state index contributed by atoms with van der Waals surface area (Å²) in [5.74, 6) is 1.09. The maximum atomic E-state index is 12.2. The number of methoxy groups -OCH3 is 1. The molecular formula is C17H25N3O2. The van der Waals surface area contributed by atoms with Gasteiger partial charge in [-0.3, -0.25) is 9.69 Å². The molecule has 1 aromatic carbocycles. The Labute approximate surface area is 132 Å². The SMILES string of the molecule is COc1ccccc1N1CCN([C@@H](C)C(=O)NC2CC2)CC1. The van der Waals surface area contributed by atoms with Crippen LogP contribution in [0.5, 0.6) is 5.75 Å². The number of nitrogens with one attached hydrogen (secondary N) is 1.